The average Bonchev–Trinajstić information content (AvgIpc) is 3.10. The van der Waals surface area contributed by atoms with E-state index >= 15 is 0 Å². The van der Waals surface area contributed by atoms with E-state index in [1.54, 1.807) is 25.3 Å². The summed E-state index contributed by atoms with van der Waals surface area (Å²) in [5.41, 5.74) is 9.46. The SMILES string of the molecule is CCc1ccc(CN2CCc3c(C(=O)N(C)[C@H](C)C(N)=O)csc3C2)nc1. The zero-order valence-electron chi connectivity index (χ0n) is 16.1. The van der Waals surface area contributed by atoms with Crippen LogP contribution in [0.25, 0.3) is 0 Å². The summed E-state index contributed by atoms with van der Waals surface area (Å²) in [5, 5.41) is 1.91. The van der Waals surface area contributed by atoms with Crippen LogP contribution < -0.4 is 5.73 Å². The zero-order valence-corrected chi connectivity index (χ0v) is 16.9. The first kappa shape index (κ1) is 19.5. The van der Waals surface area contributed by atoms with Crippen LogP contribution in [0, 0.1) is 0 Å². The Hall–Kier alpha value is -2.25. The van der Waals surface area contributed by atoms with Gasteiger partial charge < -0.3 is 10.6 Å². The van der Waals surface area contributed by atoms with Crippen LogP contribution in [0.3, 0.4) is 0 Å². The highest BCUT2D eigenvalue weighted by molar-refractivity contribution is 7.10. The molecule has 1 atom stereocenters. The first-order valence-corrected chi connectivity index (χ1v) is 10.1. The van der Waals surface area contributed by atoms with Gasteiger partial charge in [0.1, 0.15) is 6.04 Å². The monoisotopic (exact) mass is 386 g/mol. The predicted molar refractivity (Wildman–Crippen MR) is 107 cm³/mol. The predicted octanol–water partition coefficient (Wildman–Crippen LogP) is 2.21. The standard InChI is InChI=1S/C20H26N4O2S/c1-4-14-5-6-15(22-9-14)10-24-8-7-16-17(12-27-18(16)11-24)20(26)23(3)13(2)19(21)25/h5-6,9,12-13H,4,7-8,10-11H2,1-3H3,(H2,21,25)/t13-/m1/s1. The molecule has 1 aliphatic heterocycles. The number of aryl methyl sites for hydroxylation is 1. The Morgan fingerprint density at radius 1 is 1.41 bits per heavy atom. The second-order valence-electron chi connectivity index (χ2n) is 7.02. The fourth-order valence-electron chi connectivity index (χ4n) is 3.24. The van der Waals surface area contributed by atoms with Crippen LogP contribution >= 0.6 is 11.3 Å². The Morgan fingerprint density at radius 2 is 2.19 bits per heavy atom. The summed E-state index contributed by atoms with van der Waals surface area (Å²) < 4.78 is 0. The van der Waals surface area contributed by atoms with Crippen molar-refractivity contribution < 1.29 is 9.59 Å². The molecule has 6 nitrogen and oxygen atoms in total. The van der Waals surface area contributed by atoms with Crippen LogP contribution in [-0.2, 0) is 30.7 Å². The van der Waals surface area contributed by atoms with Crippen molar-refractivity contribution in [2.75, 3.05) is 13.6 Å². The number of likely N-dealkylation sites (N-methyl/N-ethyl adjacent to an activating group) is 1. The molecule has 0 spiro atoms. The van der Waals surface area contributed by atoms with Gasteiger partial charge in [0.15, 0.2) is 0 Å². The zero-order chi connectivity index (χ0) is 19.6. The van der Waals surface area contributed by atoms with Crippen LogP contribution in [0.4, 0.5) is 0 Å². The Balaban J connectivity index is 1.69. The second-order valence-corrected chi connectivity index (χ2v) is 7.98. The lowest BCUT2D eigenvalue weighted by atomic mass is 10.0. The number of thiophene rings is 1. The largest absolute Gasteiger partial charge is 0.368 e. The van der Waals surface area contributed by atoms with E-state index in [4.69, 9.17) is 5.73 Å². The number of rotatable bonds is 6. The fraction of sp³-hybridized carbons (Fsp3) is 0.450. The van der Waals surface area contributed by atoms with Crippen LogP contribution in [-0.4, -0.2) is 46.2 Å². The van der Waals surface area contributed by atoms with Gasteiger partial charge in [-0.15, -0.1) is 11.3 Å². The first-order chi connectivity index (χ1) is 12.9. The van der Waals surface area contributed by atoms with Crippen molar-refractivity contribution in [3.63, 3.8) is 0 Å². The lowest BCUT2D eigenvalue weighted by Gasteiger charge is -2.28. The molecule has 0 saturated heterocycles. The molecule has 7 heteroatoms. The summed E-state index contributed by atoms with van der Waals surface area (Å²) in [7, 11) is 1.63. The molecule has 144 valence electrons. The van der Waals surface area contributed by atoms with Crippen molar-refractivity contribution in [2.24, 2.45) is 5.73 Å². The highest BCUT2D eigenvalue weighted by Crippen LogP contribution is 2.30. The third kappa shape index (κ3) is 4.20. The Morgan fingerprint density at radius 3 is 2.81 bits per heavy atom. The van der Waals surface area contributed by atoms with E-state index in [2.05, 4.69) is 28.9 Å². The molecule has 2 amide bonds. The quantitative estimate of drug-likeness (QED) is 0.825. The Kier molecular flexibility index (Phi) is 5.92. The summed E-state index contributed by atoms with van der Waals surface area (Å²) in [6, 6.07) is 3.61. The van der Waals surface area contributed by atoms with Crippen LogP contribution in [0.5, 0.6) is 0 Å². The molecule has 0 radical (unpaired) electrons. The van der Waals surface area contributed by atoms with Crippen molar-refractivity contribution in [3.05, 3.63) is 51.0 Å². The van der Waals surface area contributed by atoms with Crippen molar-refractivity contribution >= 4 is 23.2 Å². The van der Waals surface area contributed by atoms with Gasteiger partial charge in [-0.05, 0) is 37.0 Å². The van der Waals surface area contributed by atoms with Gasteiger partial charge in [0.05, 0.1) is 11.3 Å². The van der Waals surface area contributed by atoms with E-state index in [0.717, 1.165) is 43.7 Å². The van der Waals surface area contributed by atoms with E-state index < -0.39 is 11.9 Å². The van der Waals surface area contributed by atoms with Crippen LogP contribution in [0.2, 0.25) is 0 Å². The molecule has 0 fully saturated rings. The number of fused-ring (bicyclic) bond motifs is 1. The van der Waals surface area contributed by atoms with E-state index in [9.17, 15) is 9.59 Å². The summed E-state index contributed by atoms with van der Waals surface area (Å²) >= 11 is 1.61. The Labute approximate surface area is 164 Å². The lowest BCUT2D eigenvalue weighted by molar-refractivity contribution is -0.121. The summed E-state index contributed by atoms with van der Waals surface area (Å²) in [5.74, 6) is -0.633. The molecule has 2 aromatic rings. The Bertz CT molecular complexity index is 831. The molecule has 3 heterocycles. The molecule has 0 aromatic carbocycles. The lowest BCUT2D eigenvalue weighted by Crippen LogP contribution is -2.44. The molecule has 3 rings (SSSR count). The molecule has 0 bridgehead atoms. The van der Waals surface area contributed by atoms with Gasteiger partial charge in [-0.3, -0.25) is 19.5 Å². The first-order valence-electron chi connectivity index (χ1n) is 9.22. The number of hydrogen-bond acceptors (Lipinski definition) is 5. The van der Waals surface area contributed by atoms with Crippen molar-refractivity contribution in [3.8, 4) is 0 Å². The van der Waals surface area contributed by atoms with E-state index in [0.29, 0.717) is 5.56 Å². The maximum atomic E-state index is 12.8. The number of hydrogen-bond donors (Lipinski definition) is 1. The highest BCUT2D eigenvalue weighted by Gasteiger charge is 2.28. The number of carbonyl (C=O) groups excluding carboxylic acids is 2. The van der Waals surface area contributed by atoms with Crippen molar-refractivity contribution in [2.45, 2.75) is 45.8 Å². The molecule has 0 saturated carbocycles. The van der Waals surface area contributed by atoms with Crippen LogP contribution in [0.1, 0.15) is 45.9 Å². The molecule has 1 aliphatic rings. The molecule has 2 aromatic heterocycles. The second kappa shape index (κ2) is 8.19. The number of nitrogens with two attached hydrogens (primary N) is 1. The van der Waals surface area contributed by atoms with E-state index in [1.807, 2.05) is 11.6 Å². The van der Waals surface area contributed by atoms with Crippen molar-refractivity contribution in [1.82, 2.24) is 14.8 Å². The molecular formula is C20H26N4O2S. The minimum absolute atomic E-state index is 0.135. The van der Waals surface area contributed by atoms with Gasteiger partial charge in [-0.25, -0.2) is 0 Å². The highest BCUT2D eigenvalue weighted by atomic mass is 32.1. The summed E-state index contributed by atoms with van der Waals surface area (Å²) in [4.78, 5) is 33.7. The molecule has 0 aliphatic carbocycles. The van der Waals surface area contributed by atoms with Crippen LogP contribution in [0.15, 0.2) is 23.7 Å². The van der Waals surface area contributed by atoms with Gasteiger partial charge in [-0.1, -0.05) is 13.0 Å². The molecule has 27 heavy (non-hydrogen) atoms. The normalized spacial score (nSPS) is 15.2. The van der Waals surface area contributed by atoms with E-state index in [-0.39, 0.29) is 5.91 Å². The minimum atomic E-state index is -0.620. The minimum Gasteiger partial charge on any atom is -0.368 e. The number of amides is 2. The smallest absolute Gasteiger partial charge is 0.255 e. The topological polar surface area (TPSA) is 79.5 Å². The number of primary amides is 1. The number of pyridine rings is 1. The van der Waals surface area contributed by atoms with Crippen molar-refractivity contribution in [1.29, 1.82) is 0 Å². The molecular weight excluding hydrogens is 360 g/mol. The van der Waals surface area contributed by atoms with Gasteiger partial charge in [0.2, 0.25) is 5.91 Å². The summed E-state index contributed by atoms with van der Waals surface area (Å²) in [6.45, 7) is 6.29. The molecule has 2 N–H and O–H groups in total. The third-order valence-electron chi connectivity index (χ3n) is 5.25. The van der Waals surface area contributed by atoms with Gasteiger partial charge >= 0.3 is 0 Å². The fourth-order valence-corrected chi connectivity index (χ4v) is 4.35. The number of nitrogens with zero attached hydrogens (tertiary/aromatic N) is 3. The third-order valence-corrected chi connectivity index (χ3v) is 6.26. The van der Waals surface area contributed by atoms with Gasteiger partial charge in [0.25, 0.3) is 5.91 Å². The van der Waals surface area contributed by atoms with Gasteiger partial charge in [-0.2, -0.15) is 0 Å². The summed E-state index contributed by atoms with van der Waals surface area (Å²) in [6.07, 6.45) is 3.77. The number of carbonyl (C=O) groups is 2. The van der Waals surface area contributed by atoms with E-state index in [1.165, 1.54) is 15.3 Å². The average molecular weight is 387 g/mol. The molecule has 0 unspecified atom stereocenters. The van der Waals surface area contributed by atoms with Gasteiger partial charge in [0, 0.05) is 43.1 Å². The maximum Gasteiger partial charge on any atom is 0.255 e. The maximum absolute atomic E-state index is 12.8. The number of aromatic nitrogens is 1.